The van der Waals surface area contributed by atoms with Gasteiger partial charge in [0.1, 0.15) is 10.8 Å². The molecule has 1 unspecified atom stereocenters. The molecule has 0 aromatic heterocycles. The van der Waals surface area contributed by atoms with E-state index in [-0.39, 0.29) is 5.91 Å². The van der Waals surface area contributed by atoms with Gasteiger partial charge >= 0.3 is 0 Å². The Morgan fingerprint density at radius 2 is 1.88 bits per heavy atom. The normalized spacial score (nSPS) is 12.0. The molecule has 1 amide bonds. The van der Waals surface area contributed by atoms with Crippen molar-refractivity contribution in [3.8, 4) is 5.75 Å². The van der Waals surface area contributed by atoms with Crippen molar-refractivity contribution in [2.24, 2.45) is 0 Å². The number of halogens is 2. The fraction of sp³-hybridized carbons (Fsp3) is 0.316. The van der Waals surface area contributed by atoms with Crippen LogP contribution in [0.15, 0.2) is 48.5 Å². The lowest BCUT2D eigenvalue weighted by Gasteiger charge is -2.19. The maximum atomic E-state index is 12.2. The number of rotatable bonds is 8. The van der Waals surface area contributed by atoms with Crippen LogP contribution in [0.4, 0.5) is 0 Å². The molecule has 4 nitrogen and oxygen atoms in total. The van der Waals surface area contributed by atoms with Crippen LogP contribution < -0.4 is 10.1 Å². The molecule has 2 aromatic rings. The van der Waals surface area contributed by atoms with E-state index in [4.69, 9.17) is 27.9 Å². The number of carbonyl (C=O) groups is 1. The van der Waals surface area contributed by atoms with Crippen molar-refractivity contribution in [2.45, 2.75) is 19.6 Å². The number of carbonyl (C=O) groups excluding carboxylic acids is 1. The fourth-order valence-electron chi connectivity index (χ4n) is 2.31. The highest BCUT2D eigenvalue weighted by molar-refractivity contribution is 6.42. The lowest BCUT2D eigenvalue weighted by Crippen LogP contribution is -2.40. The Morgan fingerprint density at radius 1 is 1.16 bits per heavy atom. The van der Waals surface area contributed by atoms with Crippen molar-refractivity contribution in [2.75, 3.05) is 20.1 Å². The van der Waals surface area contributed by atoms with Crippen molar-refractivity contribution < 1.29 is 9.53 Å². The smallest absolute Gasteiger partial charge is 0.260 e. The van der Waals surface area contributed by atoms with Crippen LogP contribution in [0.25, 0.3) is 0 Å². The van der Waals surface area contributed by atoms with Crippen LogP contribution in [0.3, 0.4) is 0 Å². The summed E-state index contributed by atoms with van der Waals surface area (Å²) in [6, 6.07) is 15.3. The lowest BCUT2D eigenvalue weighted by atomic mass is 10.2. The van der Waals surface area contributed by atoms with E-state index in [0.29, 0.717) is 22.3 Å². The van der Waals surface area contributed by atoms with E-state index in [1.54, 1.807) is 25.1 Å². The van der Waals surface area contributed by atoms with Crippen LogP contribution in [-0.4, -0.2) is 37.0 Å². The molecule has 2 aromatic carbocycles. The Bertz CT molecular complexity index is 695. The molecule has 0 saturated carbocycles. The number of amides is 1. The van der Waals surface area contributed by atoms with Gasteiger partial charge in [0.05, 0.1) is 5.02 Å². The lowest BCUT2D eigenvalue weighted by molar-refractivity contribution is -0.127. The van der Waals surface area contributed by atoms with Crippen LogP contribution >= 0.6 is 23.2 Å². The Hall–Kier alpha value is -1.75. The second-order valence-corrected chi connectivity index (χ2v) is 6.61. The number of hydrogen-bond donors (Lipinski definition) is 1. The van der Waals surface area contributed by atoms with Gasteiger partial charge in [-0.15, -0.1) is 0 Å². The summed E-state index contributed by atoms with van der Waals surface area (Å²) in [4.78, 5) is 14.3. The van der Waals surface area contributed by atoms with Crippen LogP contribution in [-0.2, 0) is 11.3 Å². The third-order valence-electron chi connectivity index (χ3n) is 3.68. The predicted molar refractivity (Wildman–Crippen MR) is 102 cm³/mol. The van der Waals surface area contributed by atoms with Crippen molar-refractivity contribution in [1.82, 2.24) is 10.2 Å². The summed E-state index contributed by atoms with van der Waals surface area (Å²) in [7, 11) is 2.02. The van der Waals surface area contributed by atoms with Crippen LogP contribution in [0, 0.1) is 0 Å². The molecule has 0 spiro atoms. The van der Waals surface area contributed by atoms with E-state index < -0.39 is 6.10 Å². The second kappa shape index (κ2) is 9.66. The summed E-state index contributed by atoms with van der Waals surface area (Å²) >= 11 is 12.0. The quantitative estimate of drug-likeness (QED) is 0.751. The Labute approximate surface area is 158 Å². The van der Waals surface area contributed by atoms with Gasteiger partial charge in [0.25, 0.3) is 5.91 Å². The summed E-state index contributed by atoms with van der Waals surface area (Å²) < 4.78 is 5.60. The van der Waals surface area contributed by atoms with E-state index in [2.05, 4.69) is 22.3 Å². The second-order valence-electron chi connectivity index (χ2n) is 5.83. The van der Waals surface area contributed by atoms with E-state index in [1.807, 2.05) is 25.2 Å². The molecule has 0 bridgehead atoms. The number of nitrogens with one attached hydrogen (secondary N) is 1. The van der Waals surface area contributed by atoms with Crippen LogP contribution in [0.1, 0.15) is 12.5 Å². The topological polar surface area (TPSA) is 41.6 Å². The van der Waals surface area contributed by atoms with Crippen molar-refractivity contribution in [3.05, 3.63) is 64.1 Å². The average molecular weight is 381 g/mol. The molecule has 0 aliphatic heterocycles. The molecule has 0 heterocycles. The molecule has 0 saturated heterocycles. The SMILES string of the molecule is CC(Oc1cccc(Cl)c1Cl)C(=O)NCCN(C)Cc1ccccc1. The largest absolute Gasteiger partial charge is 0.479 e. The number of likely N-dealkylation sites (N-methyl/N-ethyl adjacent to an activating group) is 1. The zero-order chi connectivity index (χ0) is 18.2. The van der Waals surface area contributed by atoms with E-state index in [1.165, 1.54) is 5.56 Å². The first kappa shape index (κ1) is 19.6. The van der Waals surface area contributed by atoms with E-state index in [9.17, 15) is 4.79 Å². The minimum atomic E-state index is -0.657. The van der Waals surface area contributed by atoms with E-state index in [0.717, 1.165) is 13.1 Å². The molecule has 0 radical (unpaired) electrons. The van der Waals surface area contributed by atoms with Crippen LogP contribution in [0.5, 0.6) is 5.75 Å². The standard InChI is InChI=1S/C19H22Cl2N2O2/c1-14(25-17-10-6-9-16(20)18(17)21)19(24)22-11-12-23(2)13-15-7-4-3-5-8-15/h3-10,14H,11-13H2,1-2H3,(H,22,24). The van der Waals surface area contributed by atoms with Crippen LogP contribution in [0.2, 0.25) is 10.0 Å². The average Bonchev–Trinajstić information content (AvgIpc) is 2.59. The third-order valence-corrected chi connectivity index (χ3v) is 4.48. The van der Waals surface area contributed by atoms with Gasteiger partial charge < -0.3 is 15.0 Å². The highest BCUT2D eigenvalue weighted by atomic mass is 35.5. The number of hydrogen-bond acceptors (Lipinski definition) is 3. The molecule has 1 N–H and O–H groups in total. The van der Waals surface area contributed by atoms with E-state index >= 15 is 0 Å². The first-order valence-corrected chi connectivity index (χ1v) is 8.84. The number of ether oxygens (including phenoxy) is 1. The first-order valence-electron chi connectivity index (χ1n) is 8.08. The summed E-state index contributed by atoms with van der Waals surface area (Å²) in [6.45, 7) is 3.80. The first-order chi connectivity index (χ1) is 12.0. The molecular weight excluding hydrogens is 359 g/mol. The van der Waals surface area contributed by atoms with Crippen molar-refractivity contribution in [1.29, 1.82) is 0 Å². The number of benzene rings is 2. The minimum absolute atomic E-state index is 0.191. The predicted octanol–water partition coefficient (Wildman–Crippen LogP) is 4.01. The molecule has 0 fully saturated rings. The van der Waals surface area contributed by atoms with Gasteiger partial charge in [0.15, 0.2) is 6.10 Å². The van der Waals surface area contributed by atoms with Gasteiger partial charge in [0.2, 0.25) is 0 Å². The molecule has 1 atom stereocenters. The Balaban J connectivity index is 1.75. The summed E-state index contributed by atoms with van der Waals surface area (Å²) in [5, 5.41) is 3.58. The zero-order valence-electron chi connectivity index (χ0n) is 14.3. The highest BCUT2D eigenvalue weighted by Crippen LogP contribution is 2.32. The molecule has 6 heteroatoms. The third kappa shape index (κ3) is 6.24. The van der Waals surface area contributed by atoms with Crippen molar-refractivity contribution in [3.63, 3.8) is 0 Å². The van der Waals surface area contributed by atoms with Gasteiger partial charge in [0, 0.05) is 19.6 Å². The Morgan fingerprint density at radius 3 is 2.60 bits per heavy atom. The molecule has 25 heavy (non-hydrogen) atoms. The van der Waals surface area contributed by atoms with Gasteiger partial charge in [-0.05, 0) is 31.7 Å². The molecule has 0 aliphatic rings. The molecule has 2 rings (SSSR count). The van der Waals surface area contributed by atoms with Gasteiger partial charge in [-0.1, -0.05) is 59.6 Å². The molecule has 0 aliphatic carbocycles. The van der Waals surface area contributed by atoms with Crippen molar-refractivity contribution >= 4 is 29.1 Å². The highest BCUT2D eigenvalue weighted by Gasteiger charge is 2.16. The molecule has 134 valence electrons. The monoisotopic (exact) mass is 380 g/mol. The summed E-state index contributed by atoms with van der Waals surface area (Å²) in [5.74, 6) is 0.210. The molecular formula is C19H22Cl2N2O2. The minimum Gasteiger partial charge on any atom is -0.479 e. The maximum Gasteiger partial charge on any atom is 0.260 e. The van der Waals surface area contributed by atoms with Gasteiger partial charge in [-0.25, -0.2) is 0 Å². The maximum absolute atomic E-state index is 12.2. The Kier molecular flexibility index (Phi) is 7.56. The fourth-order valence-corrected chi connectivity index (χ4v) is 2.64. The van der Waals surface area contributed by atoms with Gasteiger partial charge in [-0.3, -0.25) is 4.79 Å². The summed E-state index contributed by atoms with van der Waals surface area (Å²) in [5.41, 5.74) is 1.24. The van der Waals surface area contributed by atoms with Gasteiger partial charge in [-0.2, -0.15) is 0 Å². The summed E-state index contributed by atoms with van der Waals surface area (Å²) in [6.07, 6.45) is -0.657. The number of nitrogens with zero attached hydrogens (tertiary/aromatic N) is 1. The zero-order valence-corrected chi connectivity index (χ0v) is 15.8.